The highest BCUT2D eigenvalue weighted by Gasteiger charge is 2.46. The highest BCUT2D eigenvalue weighted by Crippen LogP contribution is 2.37. The van der Waals surface area contributed by atoms with Crippen LogP contribution in [-0.2, 0) is 22.4 Å². The van der Waals surface area contributed by atoms with Crippen molar-refractivity contribution in [2.45, 2.75) is 63.7 Å². The van der Waals surface area contributed by atoms with Crippen LogP contribution in [0, 0.1) is 11.2 Å². The Kier molecular flexibility index (Phi) is 6.92. The number of hydrogen-bond acceptors (Lipinski definition) is 4. The lowest BCUT2D eigenvalue weighted by atomic mass is 9.81. The van der Waals surface area contributed by atoms with Gasteiger partial charge in [-0.2, -0.15) is 0 Å². The van der Waals surface area contributed by atoms with Crippen molar-refractivity contribution in [1.29, 1.82) is 0 Å². The Labute approximate surface area is 188 Å². The second-order valence-corrected chi connectivity index (χ2v) is 9.25. The van der Waals surface area contributed by atoms with Gasteiger partial charge in [0.2, 0.25) is 11.8 Å². The smallest absolute Gasteiger partial charge is 0.228 e. The van der Waals surface area contributed by atoms with Gasteiger partial charge in [-0.15, -0.1) is 0 Å². The summed E-state index contributed by atoms with van der Waals surface area (Å²) in [6.45, 7) is 0.843. The van der Waals surface area contributed by atoms with Crippen molar-refractivity contribution < 1.29 is 18.5 Å². The molecule has 2 aromatic rings. The molecule has 2 fully saturated rings. The maximum absolute atomic E-state index is 13.9. The fourth-order valence-corrected chi connectivity index (χ4v) is 5.20. The molecule has 1 N–H and O–H groups in total. The minimum Gasteiger partial charge on any atom is -0.361 e. The van der Waals surface area contributed by atoms with Gasteiger partial charge in [-0.3, -0.25) is 9.59 Å². The van der Waals surface area contributed by atoms with Crippen LogP contribution in [0.4, 0.5) is 4.39 Å². The zero-order chi connectivity index (χ0) is 22.6. The molecule has 1 aromatic heterocycles. The van der Waals surface area contributed by atoms with Crippen LogP contribution in [0.1, 0.15) is 67.9 Å². The first kappa shape index (κ1) is 22.5. The third-order valence-electron chi connectivity index (χ3n) is 7.09. The number of benzene rings is 1. The predicted octanol–water partition coefficient (Wildman–Crippen LogP) is 4.00. The third kappa shape index (κ3) is 4.87. The molecule has 1 atom stereocenters. The topological polar surface area (TPSA) is 75.4 Å². The predicted molar refractivity (Wildman–Crippen MR) is 118 cm³/mol. The number of aryl methyl sites for hydroxylation is 1. The van der Waals surface area contributed by atoms with Gasteiger partial charge in [0.05, 0.1) is 11.1 Å². The lowest BCUT2D eigenvalue weighted by molar-refractivity contribution is -0.133. The number of amides is 2. The SMILES string of the molecule is CNC(=O)[C@@]1(Cc2cc(C3CCCCC3)no2)CCN(C(=O)CCc2ccccc2F)C1. The Hall–Kier alpha value is -2.70. The summed E-state index contributed by atoms with van der Waals surface area (Å²) in [6.07, 6.45) is 7.55. The summed E-state index contributed by atoms with van der Waals surface area (Å²) >= 11 is 0. The number of hydrogen-bond donors (Lipinski definition) is 1. The summed E-state index contributed by atoms with van der Waals surface area (Å²) in [4.78, 5) is 27.4. The molecule has 2 aliphatic rings. The van der Waals surface area contributed by atoms with Crippen LogP contribution < -0.4 is 5.32 Å². The molecule has 172 valence electrons. The van der Waals surface area contributed by atoms with E-state index < -0.39 is 5.41 Å². The van der Waals surface area contributed by atoms with Crippen LogP contribution >= 0.6 is 0 Å². The first-order valence-corrected chi connectivity index (χ1v) is 11.7. The van der Waals surface area contributed by atoms with Crippen molar-refractivity contribution >= 4 is 11.8 Å². The summed E-state index contributed by atoms with van der Waals surface area (Å²) in [5, 5.41) is 7.08. The fraction of sp³-hybridized carbons (Fsp3) is 0.560. The van der Waals surface area contributed by atoms with E-state index in [0.29, 0.717) is 49.6 Å². The Morgan fingerprint density at radius 2 is 2.03 bits per heavy atom. The highest BCUT2D eigenvalue weighted by molar-refractivity contribution is 5.85. The number of likely N-dealkylation sites (tertiary alicyclic amines) is 1. The second-order valence-electron chi connectivity index (χ2n) is 9.25. The van der Waals surface area contributed by atoms with Crippen LogP contribution in [0.15, 0.2) is 34.9 Å². The fourth-order valence-electron chi connectivity index (χ4n) is 5.20. The van der Waals surface area contributed by atoms with E-state index >= 15 is 0 Å². The van der Waals surface area contributed by atoms with Gasteiger partial charge >= 0.3 is 0 Å². The monoisotopic (exact) mass is 441 g/mol. The van der Waals surface area contributed by atoms with E-state index in [4.69, 9.17) is 4.52 Å². The molecule has 2 amide bonds. The van der Waals surface area contributed by atoms with E-state index in [1.54, 1.807) is 30.1 Å². The van der Waals surface area contributed by atoms with Crippen molar-refractivity contribution in [3.05, 3.63) is 53.2 Å². The van der Waals surface area contributed by atoms with E-state index in [0.717, 1.165) is 18.5 Å². The van der Waals surface area contributed by atoms with Crippen LogP contribution in [0.2, 0.25) is 0 Å². The Morgan fingerprint density at radius 3 is 2.78 bits per heavy atom. The zero-order valence-corrected chi connectivity index (χ0v) is 18.7. The van der Waals surface area contributed by atoms with Gasteiger partial charge in [-0.25, -0.2) is 4.39 Å². The van der Waals surface area contributed by atoms with Crippen LogP contribution in [0.5, 0.6) is 0 Å². The molecule has 0 unspecified atom stereocenters. The number of nitrogens with zero attached hydrogens (tertiary/aromatic N) is 2. The summed E-state index contributed by atoms with van der Waals surface area (Å²) < 4.78 is 19.5. The van der Waals surface area contributed by atoms with E-state index in [1.165, 1.54) is 25.3 Å². The van der Waals surface area contributed by atoms with Crippen molar-refractivity contribution in [2.24, 2.45) is 5.41 Å². The standard InChI is InChI=1S/C25H32FN3O3/c1-27-24(31)25(16-20-15-22(28-32-20)19-8-3-2-4-9-19)13-14-29(17-25)23(30)12-11-18-7-5-6-10-21(18)26/h5-7,10,15,19H,2-4,8-9,11-14,16-17H2,1H3,(H,27,31)/t25-/m1/s1. The quantitative estimate of drug-likeness (QED) is 0.705. The molecule has 1 aliphatic carbocycles. The van der Waals surface area contributed by atoms with Crippen LogP contribution in [-0.4, -0.2) is 42.0 Å². The molecular weight excluding hydrogens is 409 g/mol. The Balaban J connectivity index is 1.41. The number of carbonyl (C=O) groups excluding carboxylic acids is 2. The van der Waals surface area contributed by atoms with Gasteiger partial charge in [0.1, 0.15) is 11.6 Å². The molecule has 1 aliphatic heterocycles. The summed E-state index contributed by atoms with van der Waals surface area (Å²) in [5.74, 6) is 0.713. The zero-order valence-electron chi connectivity index (χ0n) is 18.7. The number of nitrogens with one attached hydrogen (secondary N) is 1. The molecule has 1 aromatic carbocycles. The molecule has 0 radical (unpaired) electrons. The van der Waals surface area contributed by atoms with Gasteiger partial charge in [0.25, 0.3) is 0 Å². The van der Waals surface area contributed by atoms with E-state index in [1.807, 2.05) is 6.07 Å². The average molecular weight is 442 g/mol. The number of rotatable bonds is 7. The lowest BCUT2D eigenvalue weighted by Gasteiger charge is -2.26. The van der Waals surface area contributed by atoms with Crippen molar-refractivity contribution in [3.8, 4) is 0 Å². The second kappa shape index (κ2) is 9.84. The first-order chi connectivity index (χ1) is 15.5. The molecule has 7 heteroatoms. The largest absolute Gasteiger partial charge is 0.361 e. The maximum Gasteiger partial charge on any atom is 0.228 e. The molecule has 6 nitrogen and oxygen atoms in total. The van der Waals surface area contributed by atoms with Gasteiger partial charge in [-0.1, -0.05) is 42.6 Å². The van der Waals surface area contributed by atoms with Crippen molar-refractivity contribution in [3.63, 3.8) is 0 Å². The molecule has 2 heterocycles. The molecular formula is C25H32FN3O3. The third-order valence-corrected chi connectivity index (χ3v) is 7.09. The van der Waals surface area contributed by atoms with Crippen molar-refractivity contribution in [2.75, 3.05) is 20.1 Å². The number of carbonyl (C=O) groups is 2. The van der Waals surface area contributed by atoms with Crippen molar-refractivity contribution in [1.82, 2.24) is 15.4 Å². The van der Waals surface area contributed by atoms with Gasteiger partial charge < -0.3 is 14.7 Å². The maximum atomic E-state index is 13.9. The number of halogens is 1. The van der Waals surface area contributed by atoms with E-state index in [2.05, 4.69) is 10.5 Å². The molecule has 1 saturated heterocycles. The average Bonchev–Trinajstić information content (AvgIpc) is 3.47. The van der Waals surface area contributed by atoms with Crippen LogP contribution in [0.3, 0.4) is 0 Å². The normalized spacial score (nSPS) is 21.6. The Bertz CT molecular complexity index is 953. The van der Waals surface area contributed by atoms with Gasteiger partial charge in [0.15, 0.2) is 0 Å². The highest BCUT2D eigenvalue weighted by atomic mass is 19.1. The summed E-state index contributed by atoms with van der Waals surface area (Å²) in [5.41, 5.74) is 0.795. The summed E-state index contributed by atoms with van der Waals surface area (Å²) in [6, 6.07) is 8.53. The molecule has 4 rings (SSSR count). The van der Waals surface area contributed by atoms with Crippen LogP contribution in [0.25, 0.3) is 0 Å². The molecule has 1 saturated carbocycles. The minimum atomic E-state index is -0.730. The van der Waals surface area contributed by atoms with E-state index in [-0.39, 0.29) is 24.1 Å². The lowest BCUT2D eigenvalue weighted by Crippen LogP contribution is -2.44. The van der Waals surface area contributed by atoms with Gasteiger partial charge in [-0.05, 0) is 37.3 Å². The Morgan fingerprint density at radius 1 is 1.25 bits per heavy atom. The minimum absolute atomic E-state index is 0.0560. The van der Waals surface area contributed by atoms with E-state index in [9.17, 15) is 14.0 Å². The first-order valence-electron chi connectivity index (χ1n) is 11.7. The molecule has 0 bridgehead atoms. The molecule has 32 heavy (non-hydrogen) atoms. The number of aromatic nitrogens is 1. The van der Waals surface area contributed by atoms with Gasteiger partial charge in [0, 0.05) is 45.0 Å². The summed E-state index contributed by atoms with van der Waals surface area (Å²) in [7, 11) is 1.63. The molecule has 0 spiro atoms.